The number of aryl methyl sites for hydroxylation is 1. The van der Waals surface area contributed by atoms with E-state index in [4.69, 9.17) is 9.47 Å². The molecule has 9 nitrogen and oxygen atoms in total. The summed E-state index contributed by atoms with van der Waals surface area (Å²) >= 11 is 0. The first-order valence-electron chi connectivity index (χ1n) is 7.95. The van der Waals surface area contributed by atoms with Gasteiger partial charge >= 0.3 is 17.6 Å². The number of aromatic amines is 1. The van der Waals surface area contributed by atoms with E-state index in [0.717, 1.165) is 4.57 Å². The van der Waals surface area contributed by atoms with Gasteiger partial charge < -0.3 is 14.5 Å². The molecule has 0 aliphatic carbocycles. The van der Waals surface area contributed by atoms with Gasteiger partial charge in [0.1, 0.15) is 12.3 Å². The lowest BCUT2D eigenvalue weighted by Gasteiger charge is -2.10. The first-order chi connectivity index (χ1) is 12.2. The van der Waals surface area contributed by atoms with E-state index in [0.29, 0.717) is 23.2 Å². The number of methoxy groups -OCH3 is 1. The number of carbonyl (C=O) groups excluding carboxylic acids is 2. The molecule has 0 radical (unpaired) electrons. The molecule has 0 aromatic carbocycles. The average Bonchev–Trinajstić information content (AvgIpc) is 2.97. The monoisotopic (exact) mass is 363 g/mol. The fraction of sp³-hybridized carbons (Fsp3) is 0.412. The van der Waals surface area contributed by atoms with E-state index in [-0.39, 0.29) is 18.0 Å². The number of rotatable bonds is 5. The lowest BCUT2D eigenvalue weighted by atomic mass is 10.1. The van der Waals surface area contributed by atoms with Crippen molar-refractivity contribution in [2.45, 2.75) is 26.9 Å². The van der Waals surface area contributed by atoms with Crippen molar-refractivity contribution in [2.75, 3.05) is 7.11 Å². The molecule has 2 aromatic rings. The summed E-state index contributed by atoms with van der Waals surface area (Å²) in [6.07, 6.45) is 0.502. The number of H-pyrrole nitrogens is 1. The maximum Gasteiger partial charge on any atom is 0.355 e. The molecule has 2 heterocycles. The zero-order valence-electron chi connectivity index (χ0n) is 15.3. The van der Waals surface area contributed by atoms with Crippen LogP contribution in [0.5, 0.6) is 0 Å². The van der Waals surface area contributed by atoms with Gasteiger partial charge in [0.05, 0.1) is 18.4 Å². The zero-order chi connectivity index (χ0) is 19.6. The van der Waals surface area contributed by atoms with Crippen molar-refractivity contribution in [1.29, 1.82) is 0 Å². The lowest BCUT2D eigenvalue weighted by molar-refractivity contribution is 0.0455. The number of hydrogen-bond donors (Lipinski definition) is 1. The van der Waals surface area contributed by atoms with Gasteiger partial charge in [-0.1, -0.05) is 6.92 Å². The van der Waals surface area contributed by atoms with Crippen molar-refractivity contribution in [3.05, 3.63) is 55.1 Å². The van der Waals surface area contributed by atoms with Crippen LogP contribution < -0.4 is 11.2 Å². The third kappa shape index (κ3) is 3.32. The number of ether oxygens (including phenoxy) is 2. The molecule has 0 amide bonds. The van der Waals surface area contributed by atoms with Crippen molar-refractivity contribution in [2.24, 2.45) is 14.1 Å². The molecule has 0 aliphatic heterocycles. The molecule has 0 atom stereocenters. The van der Waals surface area contributed by atoms with Gasteiger partial charge in [0.25, 0.3) is 5.56 Å². The Morgan fingerprint density at radius 2 is 1.81 bits per heavy atom. The molecule has 2 aromatic heterocycles. The van der Waals surface area contributed by atoms with Gasteiger partial charge in [-0.3, -0.25) is 13.9 Å². The SMILES string of the molecule is CCc1[nH]c(C(=O)OCc2cc(=O)n(C)c(=O)n2C)c(C)c1C(=O)OC. The number of nitrogens with one attached hydrogen (secondary N) is 1. The highest BCUT2D eigenvalue weighted by Crippen LogP contribution is 2.21. The molecule has 0 unspecified atom stereocenters. The maximum absolute atomic E-state index is 12.4. The van der Waals surface area contributed by atoms with Crippen LogP contribution in [-0.4, -0.2) is 33.2 Å². The summed E-state index contributed by atoms with van der Waals surface area (Å²) in [5, 5.41) is 0. The van der Waals surface area contributed by atoms with Crippen molar-refractivity contribution >= 4 is 11.9 Å². The van der Waals surface area contributed by atoms with Crippen molar-refractivity contribution in [3.63, 3.8) is 0 Å². The average molecular weight is 363 g/mol. The molecule has 0 spiro atoms. The van der Waals surface area contributed by atoms with E-state index in [2.05, 4.69) is 4.98 Å². The second-order valence-electron chi connectivity index (χ2n) is 5.77. The predicted octanol–water partition coefficient (Wildman–Crippen LogP) is 0.427. The standard InChI is InChI=1S/C17H21N3O6/c1-6-11-13(15(22)25-5)9(2)14(18-11)16(23)26-8-10-7-12(21)20(4)17(24)19(10)3/h7,18H,6,8H2,1-5H3. The number of aromatic nitrogens is 3. The molecule has 0 saturated heterocycles. The van der Waals surface area contributed by atoms with Crippen LogP contribution in [0.15, 0.2) is 15.7 Å². The first kappa shape index (κ1) is 19.2. The third-order valence-electron chi connectivity index (χ3n) is 4.25. The van der Waals surface area contributed by atoms with Crippen LogP contribution in [0.25, 0.3) is 0 Å². The fourth-order valence-electron chi connectivity index (χ4n) is 2.63. The molecular weight excluding hydrogens is 342 g/mol. The van der Waals surface area contributed by atoms with E-state index in [1.54, 1.807) is 6.92 Å². The minimum atomic E-state index is -0.694. The summed E-state index contributed by atoms with van der Waals surface area (Å²) in [6, 6.07) is 1.23. The normalized spacial score (nSPS) is 10.7. The maximum atomic E-state index is 12.4. The Morgan fingerprint density at radius 1 is 1.15 bits per heavy atom. The van der Waals surface area contributed by atoms with Crippen LogP contribution in [-0.2, 0) is 36.6 Å². The first-order valence-corrected chi connectivity index (χ1v) is 7.95. The van der Waals surface area contributed by atoms with Crippen LogP contribution in [0, 0.1) is 6.92 Å². The van der Waals surface area contributed by atoms with E-state index in [1.165, 1.54) is 31.8 Å². The second-order valence-corrected chi connectivity index (χ2v) is 5.77. The minimum absolute atomic E-state index is 0.135. The molecule has 0 saturated carbocycles. The summed E-state index contributed by atoms with van der Waals surface area (Å²) in [5.41, 5.74) is 0.703. The summed E-state index contributed by atoms with van der Waals surface area (Å²) in [5.74, 6) is -1.23. The number of nitrogens with zero attached hydrogens (tertiary/aromatic N) is 2. The van der Waals surface area contributed by atoms with E-state index in [1.807, 2.05) is 6.92 Å². The van der Waals surface area contributed by atoms with Gasteiger partial charge in [-0.15, -0.1) is 0 Å². The molecule has 9 heteroatoms. The van der Waals surface area contributed by atoms with E-state index < -0.39 is 23.2 Å². The summed E-state index contributed by atoms with van der Waals surface area (Å²) in [7, 11) is 4.11. The highest BCUT2D eigenvalue weighted by atomic mass is 16.5. The summed E-state index contributed by atoms with van der Waals surface area (Å²) in [4.78, 5) is 50.8. The fourth-order valence-corrected chi connectivity index (χ4v) is 2.63. The molecule has 0 aliphatic rings. The third-order valence-corrected chi connectivity index (χ3v) is 4.25. The van der Waals surface area contributed by atoms with Crippen LogP contribution in [0.4, 0.5) is 0 Å². The summed E-state index contributed by atoms with van der Waals surface area (Å²) < 4.78 is 12.2. The van der Waals surface area contributed by atoms with E-state index in [9.17, 15) is 19.2 Å². The molecular formula is C17H21N3O6. The Morgan fingerprint density at radius 3 is 2.38 bits per heavy atom. The predicted molar refractivity (Wildman–Crippen MR) is 92.3 cm³/mol. The lowest BCUT2D eigenvalue weighted by Crippen LogP contribution is -2.38. The van der Waals surface area contributed by atoms with Crippen molar-refractivity contribution in [3.8, 4) is 0 Å². The van der Waals surface area contributed by atoms with Gasteiger partial charge in [-0.2, -0.15) is 0 Å². The number of hydrogen-bond acceptors (Lipinski definition) is 6. The zero-order valence-corrected chi connectivity index (χ0v) is 15.3. The Hall–Kier alpha value is -3.10. The molecule has 140 valence electrons. The Labute approximate surface area is 149 Å². The molecule has 2 rings (SSSR count). The smallest absolute Gasteiger partial charge is 0.355 e. The Kier molecular flexibility index (Phi) is 5.49. The molecule has 0 bridgehead atoms. The Bertz CT molecular complexity index is 980. The molecule has 0 fully saturated rings. The highest BCUT2D eigenvalue weighted by molar-refractivity contribution is 5.98. The topological polar surface area (TPSA) is 112 Å². The Balaban J connectivity index is 2.30. The van der Waals surface area contributed by atoms with E-state index >= 15 is 0 Å². The van der Waals surface area contributed by atoms with Gasteiger partial charge in [-0.25, -0.2) is 14.4 Å². The van der Waals surface area contributed by atoms with Crippen LogP contribution in [0.3, 0.4) is 0 Å². The largest absolute Gasteiger partial charge is 0.465 e. The second kappa shape index (κ2) is 7.42. The van der Waals surface area contributed by atoms with Gasteiger partial charge in [0.15, 0.2) is 0 Å². The number of carbonyl (C=O) groups is 2. The van der Waals surface area contributed by atoms with Gasteiger partial charge in [-0.05, 0) is 18.9 Å². The number of esters is 2. The molecule has 1 N–H and O–H groups in total. The van der Waals surface area contributed by atoms with Crippen LogP contribution >= 0.6 is 0 Å². The van der Waals surface area contributed by atoms with Gasteiger partial charge in [0, 0.05) is 25.9 Å². The van der Waals surface area contributed by atoms with Crippen LogP contribution in [0.1, 0.15) is 44.7 Å². The van der Waals surface area contributed by atoms with Crippen LogP contribution in [0.2, 0.25) is 0 Å². The minimum Gasteiger partial charge on any atom is -0.465 e. The van der Waals surface area contributed by atoms with Crippen molar-refractivity contribution < 1.29 is 19.1 Å². The van der Waals surface area contributed by atoms with Crippen molar-refractivity contribution in [1.82, 2.24) is 14.1 Å². The quantitative estimate of drug-likeness (QED) is 0.771. The van der Waals surface area contributed by atoms with Gasteiger partial charge in [0.2, 0.25) is 0 Å². The molecule has 26 heavy (non-hydrogen) atoms. The summed E-state index contributed by atoms with van der Waals surface area (Å²) in [6.45, 7) is 3.20. The highest BCUT2D eigenvalue weighted by Gasteiger charge is 2.24.